The first-order valence-electron chi connectivity index (χ1n) is 25.2. The molecule has 0 saturated heterocycles. The Hall–Kier alpha value is -3.62. The van der Waals surface area contributed by atoms with E-state index in [1.807, 2.05) is 27.2 Å². The Morgan fingerprint density at radius 2 is 0.924 bits per heavy atom. The normalized spacial score (nSPS) is 15.3. The number of unbranched alkanes of at least 4 members (excludes halogenated alkanes) is 8. The molecular weight excluding hydrogens is 840 g/mol. The summed E-state index contributed by atoms with van der Waals surface area (Å²) in [5, 5.41) is 13.8. The van der Waals surface area contributed by atoms with Gasteiger partial charge in [0.25, 0.3) is 0 Å². The summed E-state index contributed by atoms with van der Waals surface area (Å²) in [5.74, 6) is -0.220. The van der Waals surface area contributed by atoms with Crippen molar-refractivity contribution in [2.24, 2.45) is 0 Å². The van der Waals surface area contributed by atoms with E-state index in [1.54, 1.807) is 6.08 Å². The second kappa shape index (κ2) is 46.5. The Kier molecular flexibility index (Phi) is 43.9. The van der Waals surface area contributed by atoms with E-state index in [4.69, 9.17) is 9.05 Å². The van der Waals surface area contributed by atoms with Crippen LogP contribution in [0, 0.1) is 0 Å². The summed E-state index contributed by atoms with van der Waals surface area (Å²) in [6.07, 6.45) is 72.3. The lowest BCUT2D eigenvalue weighted by Crippen LogP contribution is -2.45. The zero-order chi connectivity index (χ0) is 48.5. The van der Waals surface area contributed by atoms with E-state index >= 15 is 0 Å². The Bertz CT molecular complexity index is 1570. The third kappa shape index (κ3) is 48.3. The van der Waals surface area contributed by atoms with Gasteiger partial charge < -0.3 is 19.8 Å². The summed E-state index contributed by atoms with van der Waals surface area (Å²) in [6, 6.07) is -0.890. The molecule has 0 rings (SSSR count). The molecule has 1 amide bonds. The average Bonchev–Trinajstić information content (AvgIpc) is 3.28. The Labute approximate surface area is 404 Å². The highest BCUT2D eigenvalue weighted by Gasteiger charge is 2.27. The Balaban J connectivity index is 4.29. The fourth-order valence-electron chi connectivity index (χ4n) is 6.07. The van der Waals surface area contributed by atoms with E-state index in [-0.39, 0.29) is 19.1 Å². The summed E-state index contributed by atoms with van der Waals surface area (Å²) in [4.78, 5) is 23.1. The number of nitrogens with zero attached hydrogens (tertiary/aromatic N) is 1. The fourth-order valence-corrected chi connectivity index (χ4v) is 6.81. The van der Waals surface area contributed by atoms with E-state index in [1.165, 1.54) is 0 Å². The van der Waals surface area contributed by atoms with Crippen LogP contribution in [-0.4, -0.2) is 73.4 Å². The first-order chi connectivity index (χ1) is 32.0. The van der Waals surface area contributed by atoms with Crippen LogP contribution in [-0.2, 0) is 18.4 Å². The van der Waals surface area contributed by atoms with Crippen molar-refractivity contribution >= 4 is 13.7 Å². The van der Waals surface area contributed by atoms with Gasteiger partial charge in [-0.25, -0.2) is 4.57 Å². The molecule has 0 aromatic carbocycles. The zero-order valence-electron chi connectivity index (χ0n) is 42.1. The standard InChI is InChI=1S/C57H93N2O6P/c1-6-8-10-12-14-16-18-19-20-21-22-23-24-25-26-27-28-29-30-31-32-33-34-35-36-37-38-39-41-43-45-47-49-51-57(61)58-55(54-65-66(62,63)64-53-52-59(3,4)5)56(60)50-48-46-44-42-40-17-15-13-11-9-7-2/h8,10-11,13-14,16,19-20,22-23,25-26,28-29,31-32,34-35,37-38,40,42,48,50,55-56,60H,6-7,9,12,15,17-18,21,24,27,30,33,36,39,41,43-47,49,51-54H2,1-5H3,(H-,58,61,62,63)/p+1/b10-8-,13-11+,16-14-,20-19-,23-22-,26-25-,29-28-,32-31-,35-34-,38-37-,42-40+,50-48+. The maximum absolute atomic E-state index is 12.9. The van der Waals surface area contributed by atoms with Gasteiger partial charge in [0.15, 0.2) is 0 Å². The van der Waals surface area contributed by atoms with Crippen molar-refractivity contribution in [3.63, 3.8) is 0 Å². The third-order valence-electron chi connectivity index (χ3n) is 10.0. The van der Waals surface area contributed by atoms with E-state index in [9.17, 15) is 19.4 Å². The lowest BCUT2D eigenvalue weighted by atomic mass is 10.1. The molecule has 0 heterocycles. The molecule has 3 N–H and O–H groups in total. The molecule has 0 spiro atoms. The van der Waals surface area contributed by atoms with Crippen LogP contribution in [0.15, 0.2) is 146 Å². The van der Waals surface area contributed by atoms with Gasteiger partial charge in [0.1, 0.15) is 13.2 Å². The molecule has 0 bridgehead atoms. The van der Waals surface area contributed by atoms with Crippen LogP contribution >= 0.6 is 7.82 Å². The van der Waals surface area contributed by atoms with Crippen LogP contribution in [0.25, 0.3) is 0 Å². The highest BCUT2D eigenvalue weighted by Crippen LogP contribution is 2.43. The van der Waals surface area contributed by atoms with Crippen LogP contribution in [0.1, 0.15) is 155 Å². The second-order valence-electron chi connectivity index (χ2n) is 17.4. The number of phosphoric acid groups is 1. The molecule has 9 heteroatoms. The minimum Gasteiger partial charge on any atom is -0.387 e. The summed E-state index contributed by atoms with van der Waals surface area (Å²) in [6.45, 7) is 4.54. The minimum atomic E-state index is -4.37. The van der Waals surface area contributed by atoms with Crippen LogP contribution in [0.5, 0.6) is 0 Å². The summed E-state index contributed by atoms with van der Waals surface area (Å²) < 4.78 is 23.5. The van der Waals surface area contributed by atoms with Gasteiger partial charge >= 0.3 is 7.82 Å². The number of hydrogen-bond donors (Lipinski definition) is 3. The quantitative estimate of drug-likeness (QED) is 0.0243. The number of aliphatic hydroxyl groups is 1. The number of allylic oxidation sites excluding steroid dienone is 23. The predicted octanol–water partition coefficient (Wildman–Crippen LogP) is 15.0. The topological polar surface area (TPSA) is 105 Å². The molecule has 0 aromatic rings. The lowest BCUT2D eigenvalue weighted by Gasteiger charge is -2.25. The maximum Gasteiger partial charge on any atom is 0.472 e. The highest BCUT2D eigenvalue weighted by atomic mass is 31.2. The van der Waals surface area contributed by atoms with Gasteiger partial charge in [0, 0.05) is 6.42 Å². The van der Waals surface area contributed by atoms with Crippen molar-refractivity contribution in [1.82, 2.24) is 5.32 Å². The van der Waals surface area contributed by atoms with Crippen LogP contribution in [0.4, 0.5) is 0 Å². The summed E-state index contributed by atoms with van der Waals surface area (Å²) in [5.41, 5.74) is 0. The molecule has 0 aliphatic heterocycles. The summed E-state index contributed by atoms with van der Waals surface area (Å²) >= 11 is 0. The first kappa shape index (κ1) is 62.4. The Morgan fingerprint density at radius 3 is 1.38 bits per heavy atom. The van der Waals surface area contributed by atoms with Crippen molar-refractivity contribution in [2.75, 3.05) is 40.9 Å². The van der Waals surface area contributed by atoms with Crippen LogP contribution in [0.3, 0.4) is 0 Å². The predicted molar refractivity (Wildman–Crippen MR) is 285 cm³/mol. The number of carbonyl (C=O) groups excluding carboxylic acids is 1. The van der Waals surface area contributed by atoms with Gasteiger partial charge in [-0.15, -0.1) is 0 Å². The number of quaternary nitrogens is 1. The molecule has 0 aliphatic rings. The zero-order valence-corrected chi connectivity index (χ0v) is 43.0. The molecule has 0 aliphatic carbocycles. The molecule has 0 aromatic heterocycles. The number of aliphatic hydroxyl groups excluding tert-OH is 1. The third-order valence-corrected chi connectivity index (χ3v) is 11.0. The van der Waals surface area contributed by atoms with Gasteiger partial charge in [-0.3, -0.25) is 13.8 Å². The minimum absolute atomic E-state index is 0.0404. The van der Waals surface area contributed by atoms with Gasteiger partial charge in [-0.2, -0.15) is 0 Å². The van der Waals surface area contributed by atoms with E-state index in [0.717, 1.165) is 135 Å². The molecule has 0 saturated carbocycles. The van der Waals surface area contributed by atoms with Gasteiger partial charge in [0.2, 0.25) is 5.91 Å². The Morgan fingerprint density at radius 1 is 0.530 bits per heavy atom. The van der Waals surface area contributed by atoms with Gasteiger partial charge in [0.05, 0.1) is 39.9 Å². The summed E-state index contributed by atoms with van der Waals surface area (Å²) in [7, 11) is 1.50. The number of hydrogen-bond acceptors (Lipinski definition) is 5. The van der Waals surface area contributed by atoms with Crippen molar-refractivity contribution in [3.05, 3.63) is 146 Å². The molecule has 372 valence electrons. The lowest BCUT2D eigenvalue weighted by molar-refractivity contribution is -0.870. The molecule has 0 fully saturated rings. The van der Waals surface area contributed by atoms with Crippen molar-refractivity contribution < 1.29 is 32.9 Å². The number of nitrogens with one attached hydrogen (secondary N) is 1. The number of rotatable bonds is 43. The van der Waals surface area contributed by atoms with Crippen molar-refractivity contribution in [1.29, 1.82) is 0 Å². The number of carbonyl (C=O) groups is 1. The molecule has 3 atom stereocenters. The number of amides is 1. The number of likely N-dealkylation sites (N-methyl/N-ethyl adjacent to an activating group) is 1. The second-order valence-corrected chi connectivity index (χ2v) is 18.9. The molecule has 3 unspecified atom stereocenters. The molecule has 0 radical (unpaired) electrons. The fraction of sp³-hybridized carbons (Fsp3) is 0.561. The molecule has 66 heavy (non-hydrogen) atoms. The van der Waals surface area contributed by atoms with Gasteiger partial charge in [-0.1, -0.05) is 185 Å². The average molecular weight is 934 g/mol. The molecular formula is C57H94N2O6P+. The first-order valence-corrected chi connectivity index (χ1v) is 26.7. The van der Waals surface area contributed by atoms with Crippen LogP contribution in [0.2, 0.25) is 0 Å². The van der Waals surface area contributed by atoms with Crippen molar-refractivity contribution in [3.8, 4) is 0 Å². The SMILES string of the molecule is CC/C=C\C/C=C\C/C=C\C/C=C\C/C=C\C/C=C\C/C=C\C/C=C\C/C=C\CCCCCCCC(=O)NC(COP(=O)(O)OCC[N+](C)(C)C)C(O)/C=C/CC/C=C/CC/C=C/CCC. The van der Waals surface area contributed by atoms with Crippen molar-refractivity contribution in [2.45, 2.75) is 167 Å². The maximum atomic E-state index is 12.9. The smallest absolute Gasteiger partial charge is 0.387 e. The van der Waals surface area contributed by atoms with E-state index in [2.05, 4.69) is 153 Å². The molecule has 8 nitrogen and oxygen atoms in total. The van der Waals surface area contributed by atoms with E-state index < -0.39 is 20.0 Å². The van der Waals surface area contributed by atoms with Gasteiger partial charge in [-0.05, 0) is 109 Å². The van der Waals surface area contributed by atoms with Crippen LogP contribution < -0.4 is 5.32 Å². The largest absolute Gasteiger partial charge is 0.472 e. The number of phosphoric ester groups is 1. The van der Waals surface area contributed by atoms with E-state index in [0.29, 0.717) is 17.4 Å². The highest BCUT2D eigenvalue weighted by molar-refractivity contribution is 7.47. The monoisotopic (exact) mass is 934 g/mol.